The van der Waals surface area contributed by atoms with Crippen molar-refractivity contribution in [3.8, 4) is 0 Å². The molecule has 4 heteroatoms. The number of para-hydroxylation sites is 1. The molecule has 0 unspecified atom stereocenters. The van der Waals surface area contributed by atoms with Gasteiger partial charge in [0.2, 0.25) is 0 Å². The molecule has 2 N–H and O–H groups in total. The number of H-pyrrole nitrogens is 1. The van der Waals surface area contributed by atoms with Crippen LogP contribution in [-0.2, 0) is 0 Å². The van der Waals surface area contributed by atoms with Gasteiger partial charge < -0.3 is 5.32 Å². The van der Waals surface area contributed by atoms with Gasteiger partial charge in [0, 0.05) is 10.9 Å². The zero-order valence-electron chi connectivity index (χ0n) is 11.4. The Morgan fingerprint density at radius 2 is 1.95 bits per heavy atom. The van der Waals surface area contributed by atoms with E-state index in [0.29, 0.717) is 11.4 Å². The van der Waals surface area contributed by atoms with Gasteiger partial charge in [-0.05, 0) is 37.6 Å². The minimum absolute atomic E-state index is 0.139. The molecule has 0 saturated heterocycles. The first-order chi connectivity index (χ1) is 9.65. The summed E-state index contributed by atoms with van der Waals surface area (Å²) in [5.41, 5.74) is 3.68. The Hall–Kier alpha value is -2.62. The van der Waals surface area contributed by atoms with E-state index in [1.807, 2.05) is 56.3 Å². The topological polar surface area (TPSA) is 57.8 Å². The lowest BCUT2D eigenvalue weighted by Gasteiger charge is -2.06. The van der Waals surface area contributed by atoms with Crippen LogP contribution in [0.1, 0.15) is 21.5 Å². The molecule has 0 fully saturated rings. The minimum atomic E-state index is -0.139. The first kappa shape index (κ1) is 12.4. The number of aromatic amines is 1. The third kappa shape index (κ3) is 2.16. The molecule has 0 aliphatic heterocycles. The summed E-state index contributed by atoms with van der Waals surface area (Å²) in [7, 11) is 0. The highest BCUT2D eigenvalue weighted by atomic mass is 16.1. The van der Waals surface area contributed by atoms with E-state index in [2.05, 4.69) is 15.5 Å². The molecule has 2 aromatic carbocycles. The molecule has 3 rings (SSSR count). The molecule has 0 atom stereocenters. The van der Waals surface area contributed by atoms with Crippen LogP contribution in [-0.4, -0.2) is 16.1 Å². The highest BCUT2D eigenvalue weighted by molar-refractivity contribution is 6.08. The van der Waals surface area contributed by atoms with Gasteiger partial charge in [0.25, 0.3) is 5.91 Å². The van der Waals surface area contributed by atoms with Crippen LogP contribution in [0.25, 0.3) is 10.9 Å². The zero-order valence-corrected chi connectivity index (χ0v) is 11.4. The van der Waals surface area contributed by atoms with Gasteiger partial charge in [0.1, 0.15) is 0 Å². The largest absolute Gasteiger partial charge is 0.305 e. The van der Waals surface area contributed by atoms with Crippen LogP contribution in [0.15, 0.2) is 42.5 Å². The molecule has 0 aliphatic rings. The van der Waals surface area contributed by atoms with Crippen molar-refractivity contribution in [3.05, 3.63) is 59.2 Å². The van der Waals surface area contributed by atoms with Crippen molar-refractivity contribution in [1.82, 2.24) is 10.2 Å². The van der Waals surface area contributed by atoms with Crippen LogP contribution in [0.5, 0.6) is 0 Å². The molecule has 100 valence electrons. The summed E-state index contributed by atoms with van der Waals surface area (Å²) in [5, 5.41) is 10.8. The molecular formula is C16H15N3O. The van der Waals surface area contributed by atoms with E-state index in [1.54, 1.807) is 0 Å². The van der Waals surface area contributed by atoms with Crippen LogP contribution in [0.3, 0.4) is 0 Å². The smallest absolute Gasteiger partial charge is 0.257 e. The average Bonchev–Trinajstić information content (AvgIpc) is 2.82. The van der Waals surface area contributed by atoms with Gasteiger partial charge in [0.15, 0.2) is 5.82 Å². The second-order valence-corrected chi connectivity index (χ2v) is 4.89. The maximum Gasteiger partial charge on any atom is 0.257 e. The molecule has 20 heavy (non-hydrogen) atoms. The van der Waals surface area contributed by atoms with E-state index >= 15 is 0 Å². The van der Waals surface area contributed by atoms with Crippen LogP contribution >= 0.6 is 0 Å². The minimum Gasteiger partial charge on any atom is -0.305 e. The molecule has 1 heterocycles. The van der Waals surface area contributed by atoms with Gasteiger partial charge >= 0.3 is 0 Å². The number of carbonyl (C=O) groups excluding carboxylic acids is 1. The predicted molar refractivity (Wildman–Crippen MR) is 80.0 cm³/mol. The first-order valence-electron chi connectivity index (χ1n) is 6.47. The monoisotopic (exact) mass is 265 g/mol. The Labute approximate surface area is 116 Å². The Kier molecular flexibility index (Phi) is 2.99. The Balaban J connectivity index is 1.92. The molecule has 4 nitrogen and oxygen atoms in total. The SMILES string of the molecule is Cc1ccc(C(=O)Nc2n[nH]c3ccccc23)c(C)c1. The maximum atomic E-state index is 12.3. The van der Waals surface area contributed by atoms with E-state index in [-0.39, 0.29) is 5.91 Å². The number of amides is 1. The average molecular weight is 265 g/mol. The fraction of sp³-hybridized carbons (Fsp3) is 0.125. The number of nitrogens with zero attached hydrogens (tertiary/aromatic N) is 1. The maximum absolute atomic E-state index is 12.3. The van der Waals surface area contributed by atoms with Gasteiger partial charge in [-0.2, -0.15) is 5.10 Å². The molecule has 0 aliphatic carbocycles. The molecule has 3 aromatic rings. The van der Waals surface area contributed by atoms with Gasteiger partial charge in [0.05, 0.1) is 5.52 Å². The highest BCUT2D eigenvalue weighted by Gasteiger charge is 2.12. The summed E-state index contributed by atoms with van der Waals surface area (Å²) in [4.78, 5) is 12.3. The Morgan fingerprint density at radius 1 is 1.15 bits per heavy atom. The molecule has 0 radical (unpaired) electrons. The number of hydrogen-bond acceptors (Lipinski definition) is 2. The van der Waals surface area contributed by atoms with Crippen molar-refractivity contribution >= 4 is 22.6 Å². The van der Waals surface area contributed by atoms with E-state index in [0.717, 1.165) is 22.0 Å². The Morgan fingerprint density at radius 3 is 2.75 bits per heavy atom. The van der Waals surface area contributed by atoms with E-state index in [1.165, 1.54) is 0 Å². The van der Waals surface area contributed by atoms with Crippen molar-refractivity contribution in [2.75, 3.05) is 5.32 Å². The van der Waals surface area contributed by atoms with Gasteiger partial charge in [-0.15, -0.1) is 0 Å². The lowest BCUT2D eigenvalue weighted by atomic mass is 10.1. The number of carbonyl (C=O) groups is 1. The van der Waals surface area contributed by atoms with Gasteiger partial charge in [-0.1, -0.05) is 29.8 Å². The predicted octanol–water partition coefficient (Wildman–Crippen LogP) is 3.43. The van der Waals surface area contributed by atoms with Gasteiger partial charge in [-0.25, -0.2) is 0 Å². The standard InChI is InChI=1S/C16H15N3O/c1-10-7-8-12(11(2)9-10)16(20)17-15-13-5-3-4-6-14(13)18-19-15/h3-9H,1-2H3,(H2,17,18,19,20). The zero-order chi connectivity index (χ0) is 14.1. The van der Waals surface area contributed by atoms with Crippen LogP contribution in [0.2, 0.25) is 0 Å². The van der Waals surface area contributed by atoms with Gasteiger partial charge in [-0.3, -0.25) is 9.89 Å². The van der Waals surface area contributed by atoms with E-state index < -0.39 is 0 Å². The summed E-state index contributed by atoms with van der Waals surface area (Å²) in [5.74, 6) is 0.422. The number of aryl methyl sites for hydroxylation is 2. The molecule has 1 amide bonds. The third-order valence-corrected chi connectivity index (χ3v) is 3.33. The number of rotatable bonds is 2. The summed E-state index contributed by atoms with van der Waals surface area (Å²) >= 11 is 0. The van der Waals surface area contributed by atoms with Crippen LogP contribution in [0, 0.1) is 13.8 Å². The quantitative estimate of drug-likeness (QED) is 0.745. The number of nitrogens with one attached hydrogen (secondary N) is 2. The summed E-state index contributed by atoms with van der Waals surface area (Å²) < 4.78 is 0. The van der Waals surface area contributed by atoms with Crippen molar-refractivity contribution in [2.24, 2.45) is 0 Å². The van der Waals surface area contributed by atoms with E-state index in [9.17, 15) is 4.79 Å². The number of benzene rings is 2. The molecular weight excluding hydrogens is 250 g/mol. The summed E-state index contributed by atoms with van der Waals surface area (Å²) in [6, 6.07) is 13.5. The molecule has 0 spiro atoms. The van der Waals surface area contributed by atoms with Crippen molar-refractivity contribution in [1.29, 1.82) is 0 Å². The molecule has 1 aromatic heterocycles. The number of fused-ring (bicyclic) bond motifs is 1. The molecule has 0 saturated carbocycles. The summed E-state index contributed by atoms with van der Waals surface area (Å²) in [6.45, 7) is 3.94. The number of hydrogen-bond donors (Lipinski definition) is 2. The fourth-order valence-corrected chi connectivity index (χ4v) is 2.30. The van der Waals surface area contributed by atoms with Crippen molar-refractivity contribution in [2.45, 2.75) is 13.8 Å². The fourth-order valence-electron chi connectivity index (χ4n) is 2.30. The molecule has 0 bridgehead atoms. The number of aromatic nitrogens is 2. The highest BCUT2D eigenvalue weighted by Crippen LogP contribution is 2.21. The van der Waals surface area contributed by atoms with Crippen molar-refractivity contribution in [3.63, 3.8) is 0 Å². The van der Waals surface area contributed by atoms with E-state index in [4.69, 9.17) is 0 Å². The first-order valence-corrected chi connectivity index (χ1v) is 6.47. The normalized spacial score (nSPS) is 10.7. The Bertz CT molecular complexity index is 789. The summed E-state index contributed by atoms with van der Waals surface area (Å²) in [6.07, 6.45) is 0. The lowest BCUT2D eigenvalue weighted by Crippen LogP contribution is -2.13. The van der Waals surface area contributed by atoms with Crippen molar-refractivity contribution < 1.29 is 4.79 Å². The lowest BCUT2D eigenvalue weighted by molar-refractivity contribution is 0.102. The number of anilines is 1. The third-order valence-electron chi connectivity index (χ3n) is 3.33. The van der Waals surface area contributed by atoms with Crippen LogP contribution in [0.4, 0.5) is 5.82 Å². The van der Waals surface area contributed by atoms with Crippen LogP contribution < -0.4 is 5.32 Å². The second-order valence-electron chi connectivity index (χ2n) is 4.89. The second kappa shape index (κ2) is 4.81.